The Labute approximate surface area is 149 Å². The summed E-state index contributed by atoms with van der Waals surface area (Å²) in [5.74, 6) is 0.139. The minimum atomic E-state index is -0.721. The van der Waals surface area contributed by atoms with Gasteiger partial charge in [-0.1, -0.05) is 35.5 Å². The van der Waals surface area contributed by atoms with Crippen molar-refractivity contribution in [1.82, 2.24) is 10.4 Å². The van der Waals surface area contributed by atoms with E-state index in [0.717, 1.165) is 10.6 Å². The topological polar surface area (TPSA) is 57.1 Å². The number of nitrogens with zero attached hydrogens (tertiary/aromatic N) is 2. The highest BCUT2D eigenvalue weighted by atomic mass is 35.5. The van der Waals surface area contributed by atoms with Crippen molar-refractivity contribution >= 4 is 29.3 Å². The first kappa shape index (κ1) is 17.7. The molecular formula is C16H19ClFN3O2S. The zero-order chi connectivity index (χ0) is 17.1. The molecule has 0 saturated heterocycles. The molecule has 8 heteroatoms. The molecule has 2 aliphatic rings. The van der Waals surface area contributed by atoms with Crippen LogP contribution in [0.15, 0.2) is 40.4 Å². The highest BCUT2D eigenvalue weighted by Gasteiger charge is 2.38. The second-order valence-corrected chi connectivity index (χ2v) is 6.92. The molecule has 24 heavy (non-hydrogen) atoms. The van der Waals surface area contributed by atoms with Crippen molar-refractivity contribution in [2.75, 3.05) is 19.5 Å². The van der Waals surface area contributed by atoms with E-state index in [4.69, 9.17) is 16.3 Å². The van der Waals surface area contributed by atoms with Gasteiger partial charge in [-0.3, -0.25) is 5.32 Å². The first-order valence-corrected chi connectivity index (χ1v) is 9.29. The van der Waals surface area contributed by atoms with Crippen LogP contribution in [-0.4, -0.2) is 47.2 Å². The van der Waals surface area contributed by atoms with Crippen LogP contribution < -0.4 is 5.32 Å². The Morgan fingerprint density at radius 3 is 2.92 bits per heavy atom. The molecular weight excluding hydrogens is 353 g/mol. The van der Waals surface area contributed by atoms with Gasteiger partial charge in [-0.15, -0.1) is 0 Å². The largest absolute Gasteiger partial charge is 0.436 e. The number of ether oxygens (including phenoxy) is 1. The van der Waals surface area contributed by atoms with E-state index < -0.39 is 5.50 Å². The first-order chi connectivity index (χ1) is 11.6. The molecule has 1 aromatic rings. The molecule has 3 atom stereocenters. The van der Waals surface area contributed by atoms with Crippen LogP contribution >= 0.6 is 23.4 Å². The van der Waals surface area contributed by atoms with E-state index in [9.17, 15) is 9.60 Å². The van der Waals surface area contributed by atoms with Crippen molar-refractivity contribution in [3.05, 3.63) is 46.8 Å². The van der Waals surface area contributed by atoms with Crippen LogP contribution in [0.3, 0.4) is 0 Å². The zero-order valence-electron chi connectivity index (χ0n) is 13.2. The summed E-state index contributed by atoms with van der Waals surface area (Å²) < 4.78 is 19.0. The molecule has 2 aliphatic heterocycles. The quantitative estimate of drug-likeness (QED) is 0.632. The molecule has 5 nitrogen and oxygen atoms in total. The summed E-state index contributed by atoms with van der Waals surface area (Å²) in [5, 5.41) is 15.6. The summed E-state index contributed by atoms with van der Waals surface area (Å²) in [6.07, 6.45) is 4.03. The summed E-state index contributed by atoms with van der Waals surface area (Å²) >= 11 is 7.73. The lowest BCUT2D eigenvalue weighted by Gasteiger charge is -2.38. The van der Waals surface area contributed by atoms with Gasteiger partial charge < -0.3 is 9.94 Å². The molecule has 1 aromatic carbocycles. The van der Waals surface area contributed by atoms with Gasteiger partial charge in [0.25, 0.3) is 0 Å². The number of benzene rings is 1. The predicted molar refractivity (Wildman–Crippen MR) is 93.6 cm³/mol. The lowest BCUT2D eigenvalue weighted by Crippen LogP contribution is -2.52. The Morgan fingerprint density at radius 1 is 1.46 bits per heavy atom. The summed E-state index contributed by atoms with van der Waals surface area (Å²) in [6, 6.07) is 5.90. The number of aliphatic imine (C=N–C) groups is 1. The molecule has 2 heterocycles. The number of halogens is 2. The molecule has 0 saturated carbocycles. The molecule has 3 unspecified atom stereocenters. The lowest BCUT2D eigenvalue weighted by atomic mass is 9.91. The average Bonchev–Trinajstić information content (AvgIpc) is 2.59. The second-order valence-electron chi connectivity index (χ2n) is 5.66. The van der Waals surface area contributed by atoms with Gasteiger partial charge in [-0.2, -0.15) is 5.06 Å². The lowest BCUT2D eigenvalue weighted by molar-refractivity contribution is -0.139. The van der Waals surface area contributed by atoms with Crippen LogP contribution in [0.25, 0.3) is 0 Å². The molecule has 0 spiro atoms. The Bertz CT molecular complexity index is 641. The van der Waals surface area contributed by atoms with Crippen LogP contribution in [0, 0.1) is 11.7 Å². The molecule has 0 amide bonds. The number of hydrogen-bond acceptors (Lipinski definition) is 6. The number of hydrogen-bond donors (Lipinski definition) is 2. The number of hydroxylamine groups is 2. The van der Waals surface area contributed by atoms with Gasteiger partial charge in [0.2, 0.25) is 0 Å². The molecule has 0 radical (unpaired) electrons. The van der Waals surface area contributed by atoms with E-state index in [1.807, 2.05) is 6.26 Å². The third kappa shape index (κ3) is 3.92. The molecule has 0 aliphatic carbocycles. The van der Waals surface area contributed by atoms with Crippen molar-refractivity contribution in [3.63, 3.8) is 0 Å². The number of nitrogens with one attached hydrogen (secondary N) is 1. The molecule has 2 N–H and O–H groups in total. The van der Waals surface area contributed by atoms with Gasteiger partial charge in [-0.05, 0) is 36.4 Å². The Hall–Kier alpha value is -1.12. The van der Waals surface area contributed by atoms with E-state index in [1.165, 1.54) is 23.9 Å². The van der Waals surface area contributed by atoms with Crippen molar-refractivity contribution in [3.8, 4) is 0 Å². The number of fused-ring (bicyclic) bond motifs is 1. The van der Waals surface area contributed by atoms with Gasteiger partial charge >= 0.3 is 0 Å². The van der Waals surface area contributed by atoms with Gasteiger partial charge in [0.1, 0.15) is 11.3 Å². The maximum absolute atomic E-state index is 13.1. The van der Waals surface area contributed by atoms with Crippen LogP contribution in [-0.2, 0) is 11.2 Å². The summed E-state index contributed by atoms with van der Waals surface area (Å²) in [5.41, 5.74) is 0.185. The second kappa shape index (κ2) is 7.84. The first-order valence-electron chi connectivity index (χ1n) is 7.63. The smallest absolute Gasteiger partial charge is 0.198 e. The summed E-state index contributed by atoms with van der Waals surface area (Å²) in [4.78, 5) is 4.41. The molecule has 130 valence electrons. The summed E-state index contributed by atoms with van der Waals surface area (Å²) in [7, 11) is 0. The monoisotopic (exact) mass is 371 g/mol. The highest BCUT2D eigenvalue weighted by molar-refractivity contribution is 8.02. The van der Waals surface area contributed by atoms with E-state index in [-0.39, 0.29) is 17.8 Å². The standard InChI is InChI=1S/C16H19ClFN3O2S/c1-24-15-7-14(17)21(22)13(6-10-2-4-11(18)5-3-10)12-8-19-9-20-16(12)23-15/h2-5,7,12-14,19,22H,6,8-9H2,1H3. The van der Waals surface area contributed by atoms with Crippen LogP contribution in [0.5, 0.6) is 0 Å². The van der Waals surface area contributed by atoms with Gasteiger partial charge in [-0.25, -0.2) is 9.38 Å². The van der Waals surface area contributed by atoms with Gasteiger partial charge in [0.05, 0.1) is 18.6 Å². The molecule has 0 aromatic heterocycles. The average molecular weight is 372 g/mol. The fourth-order valence-electron chi connectivity index (χ4n) is 2.87. The third-order valence-electron chi connectivity index (χ3n) is 4.12. The van der Waals surface area contributed by atoms with E-state index in [0.29, 0.717) is 30.6 Å². The van der Waals surface area contributed by atoms with Crippen molar-refractivity contribution in [2.45, 2.75) is 18.0 Å². The maximum atomic E-state index is 13.1. The predicted octanol–water partition coefficient (Wildman–Crippen LogP) is 2.80. The molecule has 0 bridgehead atoms. The fourth-order valence-corrected chi connectivity index (χ4v) is 3.64. The maximum Gasteiger partial charge on any atom is 0.198 e. The third-order valence-corrected chi connectivity index (χ3v) is 5.07. The Balaban J connectivity index is 1.92. The zero-order valence-corrected chi connectivity index (χ0v) is 14.7. The van der Waals surface area contributed by atoms with Gasteiger partial charge in [0, 0.05) is 6.54 Å². The normalized spacial score (nSPS) is 28.1. The fraction of sp³-hybridized carbons (Fsp3) is 0.438. The van der Waals surface area contributed by atoms with Crippen molar-refractivity contribution < 1.29 is 14.3 Å². The van der Waals surface area contributed by atoms with Crippen molar-refractivity contribution in [2.24, 2.45) is 10.9 Å². The SMILES string of the molecule is CSC1=CC(Cl)N(O)C(Cc2ccc(F)cc2)C2CNCN=C2O1. The minimum Gasteiger partial charge on any atom is -0.436 e. The highest BCUT2D eigenvalue weighted by Crippen LogP contribution is 2.29. The van der Waals surface area contributed by atoms with Crippen LogP contribution in [0.4, 0.5) is 4.39 Å². The van der Waals surface area contributed by atoms with Crippen LogP contribution in [0.2, 0.25) is 0 Å². The van der Waals surface area contributed by atoms with Crippen LogP contribution in [0.1, 0.15) is 5.56 Å². The van der Waals surface area contributed by atoms with E-state index in [1.54, 1.807) is 18.2 Å². The van der Waals surface area contributed by atoms with Crippen molar-refractivity contribution in [1.29, 1.82) is 0 Å². The molecule has 0 fully saturated rings. The number of thioether (sulfide) groups is 1. The summed E-state index contributed by atoms with van der Waals surface area (Å²) in [6.45, 7) is 1.10. The van der Waals surface area contributed by atoms with E-state index >= 15 is 0 Å². The minimum absolute atomic E-state index is 0.161. The molecule has 3 rings (SSSR count). The van der Waals surface area contributed by atoms with E-state index in [2.05, 4.69) is 10.3 Å². The Morgan fingerprint density at radius 2 is 2.21 bits per heavy atom. The van der Waals surface area contributed by atoms with Gasteiger partial charge in [0.15, 0.2) is 11.0 Å². The number of rotatable bonds is 3. The number of alkyl halides is 1. The Kier molecular flexibility index (Phi) is 5.78.